The van der Waals surface area contributed by atoms with Crippen molar-refractivity contribution in [2.45, 2.75) is 25.8 Å². The molecule has 2 aromatic rings. The lowest BCUT2D eigenvalue weighted by Crippen LogP contribution is -2.45. The molecule has 0 N–H and O–H groups in total. The zero-order valence-electron chi connectivity index (χ0n) is 14.0. The minimum Gasteiger partial charge on any atom is -0.467 e. The maximum absolute atomic E-state index is 12.4. The number of nitrogens with zero attached hydrogens (tertiary/aromatic N) is 4. The summed E-state index contributed by atoms with van der Waals surface area (Å²) in [5, 5.41) is 9.51. The highest BCUT2D eigenvalue weighted by Gasteiger charge is 2.33. The normalized spacial score (nSPS) is 20.8. The predicted molar refractivity (Wildman–Crippen MR) is 88.8 cm³/mol. The molecule has 3 rings (SSSR count). The van der Waals surface area contributed by atoms with Gasteiger partial charge in [0.2, 0.25) is 0 Å². The van der Waals surface area contributed by atoms with Crippen LogP contribution < -0.4 is 16.1 Å². The molecule has 7 nitrogen and oxygen atoms in total. The molecule has 126 valence electrons. The Hall–Kier alpha value is -2.75. The Kier molecular flexibility index (Phi) is 4.06. The van der Waals surface area contributed by atoms with Gasteiger partial charge in [0.05, 0.1) is 12.3 Å². The fourth-order valence-corrected chi connectivity index (χ4v) is 3.41. The smallest absolute Gasteiger partial charge is 0.332 e. The summed E-state index contributed by atoms with van der Waals surface area (Å²) in [7, 11) is 2.98. The summed E-state index contributed by atoms with van der Waals surface area (Å²) in [5.41, 5.74) is -1.01. The van der Waals surface area contributed by atoms with Crippen LogP contribution >= 0.6 is 0 Å². The Bertz CT molecular complexity index is 902. The summed E-state index contributed by atoms with van der Waals surface area (Å²) >= 11 is 0. The van der Waals surface area contributed by atoms with Crippen molar-refractivity contribution in [2.24, 2.45) is 20.0 Å². The Balaban J connectivity index is 2.22. The van der Waals surface area contributed by atoms with Crippen LogP contribution in [0.3, 0.4) is 0 Å². The van der Waals surface area contributed by atoms with Gasteiger partial charge >= 0.3 is 5.69 Å². The first-order valence-corrected chi connectivity index (χ1v) is 7.95. The zero-order valence-corrected chi connectivity index (χ0v) is 14.0. The van der Waals surface area contributed by atoms with Gasteiger partial charge in [-0.2, -0.15) is 5.26 Å². The summed E-state index contributed by atoms with van der Waals surface area (Å²) < 4.78 is 7.92. The van der Waals surface area contributed by atoms with Gasteiger partial charge in [0, 0.05) is 20.6 Å². The quantitative estimate of drug-likeness (QED) is 0.834. The lowest BCUT2D eigenvalue weighted by atomic mass is 9.91. The van der Waals surface area contributed by atoms with Gasteiger partial charge in [-0.25, -0.2) is 4.79 Å². The van der Waals surface area contributed by atoms with E-state index in [0.717, 1.165) is 23.2 Å². The molecule has 3 heterocycles. The van der Waals surface area contributed by atoms with Crippen LogP contribution in [0.5, 0.6) is 0 Å². The SMILES string of the molecule is CC1CCN(c2c(C#N)c(=O)n(C)c(=O)n2C)C(c2ccco2)C1. The fraction of sp³-hybridized carbons (Fsp3) is 0.471. The molecule has 2 aromatic heterocycles. The van der Waals surface area contributed by atoms with Crippen molar-refractivity contribution in [3.05, 3.63) is 50.6 Å². The first kappa shape index (κ1) is 16.1. The van der Waals surface area contributed by atoms with Crippen molar-refractivity contribution in [1.29, 1.82) is 5.26 Å². The predicted octanol–water partition coefficient (Wildman–Crippen LogP) is 1.53. The molecule has 0 aliphatic carbocycles. The Morgan fingerprint density at radius 3 is 2.67 bits per heavy atom. The van der Waals surface area contributed by atoms with E-state index in [4.69, 9.17) is 4.42 Å². The molecule has 0 spiro atoms. The highest BCUT2D eigenvalue weighted by molar-refractivity contribution is 5.55. The van der Waals surface area contributed by atoms with Crippen molar-refractivity contribution in [3.8, 4) is 6.07 Å². The molecule has 1 fully saturated rings. The Morgan fingerprint density at radius 1 is 1.29 bits per heavy atom. The number of piperidine rings is 1. The lowest BCUT2D eigenvalue weighted by molar-refractivity contribution is 0.324. The summed E-state index contributed by atoms with van der Waals surface area (Å²) in [6.45, 7) is 2.82. The number of hydrogen-bond donors (Lipinski definition) is 0. The minimum atomic E-state index is -0.563. The second-order valence-corrected chi connectivity index (χ2v) is 6.37. The van der Waals surface area contributed by atoms with Gasteiger partial charge in [-0.1, -0.05) is 6.92 Å². The van der Waals surface area contributed by atoms with E-state index in [1.54, 1.807) is 13.3 Å². The van der Waals surface area contributed by atoms with E-state index < -0.39 is 11.2 Å². The standard InChI is InChI=1S/C17H20N4O3/c1-11-6-7-21(13(9-11)14-5-4-8-24-14)15-12(10-18)16(22)20(3)17(23)19(15)2/h4-5,8,11,13H,6-7,9H2,1-3H3. The number of anilines is 1. The first-order chi connectivity index (χ1) is 11.5. The molecule has 7 heteroatoms. The van der Waals surface area contributed by atoms with Crippen molar-refractivity contribution >= 4 is 5.82 Å². The number of aromatic nitrogens is 2. The van der Waals surface area contributed by atoms with Gasteiger partial charge in [0.1, 0.15) is 17.6 Å². The largest absolute Gasteiger partial charge is 0.467 e. The van der Waals surface area contributed by atoms with Crippen LogP contribution in [0.4, 0.5) is 5.82 Å². The van der Waals surface area contributed by atoms with Gasteiger partial charge in [-0.15, -0.1) is 0 Å². The molecule has 0 saturated carbocycles. The molecule has 1 aliphatic rings. The van der Waals surface area contributed by atoms with Gasteiger partial charge in [0.15, 0.2) is 5.56 Å². The molecule has 1 saturated heterocycles. The van der Waals surface area contributed by atoms with E-state index >= 15 is 0 Å². The van der Waals surface area contributed by atoms with Crippen LogP contribution in [0, 0.1) is 17.2 Å². The van der Waals surface area contributed by atoms with Crippen LogP contribution in [0.15, 0.2) is 32.4 Å². The highest BCUT2D eigenvalue weighted by atomic mass is 16.3. The molecule has 24 heavy (non-hydrogen) atoms. The summed E-state index contributed by atoms with van der Waals surface area (Å²) in [6.07, 6.45) is 3.37. The summed E-state index contributed by atoms with van der Waals surface area (Å²) in [6, 6.07) is 5.59. The molecule has 2 unspecified atom stereocenters. The highest BCUT2D eigenvalue weighted by Crippen LogP contribution is 2.37. The molecule has 1 aliphatic heterocycles. The Labute approximate surface area is 139 Å². The molecule has 0 amide bonds. The van der Waals surface area contributed by atoms with Gasteiger partial charge in [-0.05, 0) is 30.9 Å². The Morgan fingerprint density at radius 2 is 2.04 bits per heavy atom. The van der Waals surface area contributed by atoms with Gasteiger partial charge in [-0.3, -0.25) is 13.9 Å². The van der Waals surface area contributed by atoms with Gasteiger partial charge in [0.25, 0.3) is 5.56 Å². The van der Waals surface area contributed by atoms with Crippen LogP contribution in [-0.4, -0.2) is 15.7 Å². The molecule has 0 aromatic carbocycles. The number of hydrogen-bond acceptors (Lipinski definition) is 5. The van der Waals surface area contributed by atoms with Crippen LogP contribution in [0.2, 0.25) is 0 Å². The van der Waals surface area contributed by atoms with E-state index in [1.165, 1.54) is 11.6 Å². The van der Waals surface area contributed by atoms with E-state index in [2.05, 4.69) is 6.92 Å². The third-order valence-electron chi connectivity index (χ3n) is 4.75. The maximum atomic E-state index is 12.4. The second-order valence-electron chi connectivity index (χ2n) is 6.37. The molecular formula is C17H20N4O3. The first-order valence-electron chi connectivity index (χ1n) is 7.95. The number of nitriles is 1. The fourth-order valence-electron chi connectivity index (χ4n) is 3.41. The molecule has 0 bridgehead atoms. The zero-order chi connectivity index (χ0) is 17.4. The van der Waals surface area contributed by atoms with E-state index in [-0.39, 0.29) is 11.6 Å². The van der Waals surface area contributed by atoms with Crippen LogP contribution in [0.25, 0.3) is 0 Å². The van der Waals surface area contributed by atoms with E-state index in [0.29, 0.717) is 18.3 Å². The molecular weight excluding hydrogens is 308 g/mol. The average molecular weight is 328 g/mol. The lowest BCUT2D eigenvalue weighted by Gasteiger charge is -2.39. The third kappa shape index (κ3) is 2.44. The number of furan rings is 1. The third-order valence-corrected chi connectivity index (χ3v) is 4.75. The average Bonchev–Trinajstić information content (AvgIpc) is 3.11. The molecule has 0 radical (unpaired) electrons. The van der Waals surface area contributed by atoms with Crippen LogP contribution in [-0.2, 0) is 14.1 Å². The van der Waals surface area contributed by atoms with Crippen molar-refractivity contribution in [1.82, 2.24) is 9.13 Å². The van der Waals surface area contributed by atoms with Gasteiger partial charge < -0.3 is 9.32 Å². The number of rotatable bonds is 2. The van der Waals surface area contributed by atoms with Crippen molar-refractivity contribution in [2.75, 3.05) is 11.4 Å². The topological polar surface area (TPSA) is 84.2 Å². The monoisotopic (exact) mass is 328 g/mol. The van der Waals surface area contributed by atoms with Crippen LogP contribution in [0.1, 0.15) is 37.1 Å². The van der Waals surface area contributed by atoms with Crippen molar-refractivity contribution in [3.63, 3.8) is 0 Å². The van der Waals surface area contributed by atoms with Crippen molar-refractivity contribution < 1.29 is 4.42 Å². The summed E-state index contributed by atoms with van der Waals surface area (Å²) in [4.78, 5) is 26.7. The van der Waals surface area contributed by atoms with E-state index in [1.807, 2.05) is 23.1 Å². The maximum Gasteiger partial charge on any atom is 0.332 e. The van der Waals surface area contributed by atoms with E-state index in [9.17, 15) is 14.9 Å². The minimum absolute atomic E-state index is 0.00860. The second kappa shape index (κ2) is 6.04. The molecule has 2 atom stereocenters. The summed E-state index contributed by atoms with van der Waals surface area (Å²) in [5.74, 6) is 1.64.